The van der Waals surface area contributed by atoms with Gasteiger partial charge in [-0.1, -0.05) is 6.92 Å². The quantitative estimate of drug-likeness (QED) is 0.672. The highest BCUT2D eigenvalue weighted by atomic mass is 16.6. The van der Waals surface area contributed by atoms with E-state index in [-0.39, 0.29) is 11.5 Å². The number of nitrogens with two attached hydrogens (primary N) is 1. The second-order valence-corrected chi connectivity index (χ2v) is 6.58. The average Bonchev–Trinajstić information content (AvgIpc) is 2.54. The van der Waals surface area contributed by atoms with Crippen LogP contribution in [0.5, 0.6) is 0 Å². The Kier molecular flexibility index (Phi) is 4.49. The summed E-state index contributed by atoms with van der Waals surface area (Å²) >= 11 is 0. The number of piperidine rings is 2. The fourth-order valence-electron chi connectivity index (χ4n) is 3.46. The van der Waals surface area contributed by atoms with E-state index in [0.29, 0.717) is 17.7 Å². The molecule has 3 heterocycles. The van der Waals surface area contributed by atoms with Gasteiger partial charge in [-0.15, -0.1) is 0 Å². The van der Waals surface area contributed by atoms with Gasteiger partial charge in [0.2, 0.25) is 17.6 Å². The maximum Gasteiger partial charge on any atom is 0.353 e. The third-order valence-electron chi connectivity index (χ3n) is 4.66. The largest absolute Gasteiger partial charge is 0.378 e. The third-order valence-corrected chi connectivity index (χ3v) is 4.66. The minimum atomic E-state index is -0.454. The van der Waals surface area contributed by atoms with Crippen molar-refractivity contribution >= 4 is 23.3 Å². The maximum absolute atomic E-state index is 11.5. The lowest BCUT2D eigenvalue weighted by Crippen LogP contribution is -2.37. The van der Waals surface area contributed by atoms with Gasteiger partial charge in [-0.25, -0.2) is 0 Å². The second kappa shape index (κ2) is 6.55. The van der Waals surface area contributed by atoms with Crippen molar-refractivity contribution in [3.63, 3.8) is 0 Å². The fourth-order valence-corrected chi connectivity index (χ4v) is 3.46. The molecule has 1 aromatic heterocycles. The predicted molar refractivity (Wildman–Crippen MR) is 89.8 cm³/mol. The monoisotopic (exact) mass is 320 g/mol. The lowest BCUT2D eigenvalue weighted by Gasteiger charge is -2.33. The number of anilines is 3. The average molecular weight is 320 g/mol. The van der Waals surface area contributed by atoms with Gasteiger partial charge in [-0.05, 0) is 38.0 Å². The minimum Gasteiger partial charge on any atom is -0.378 e. The van der Waals surface area contributed by atoms with E-state index >= 15 is 0 Å². The zero-order valence-electron chi connectivity index (χ0n) is 13.6. The number of nitro groups is 1. The molecule has 0 spiro atoms. The molecule has 2 N–H and O–H groups in total. The first kappa shape index (κ1) is 15.8. The van der Waals surface area contributed by atoms with Crippen LogP contribution in [-0.4, -0.2) is 41.1 Å². The number of hydrogen-bond acceptors (Lipinski definition) is 7. The summed E-state index contributed by atoms with van der Waals surface area (Å²) in [7, 11) is 0. The first-order chi connectivity index (χ1) is 11.1. The normalized spacial score (nSPS) is 22.2. The van der Waals surface area contributed by atoms with Crippen molar-refractivity contribution in [3.8, 4) is 0 Å². The summed E-state index contributed by atoms with van der Waals surface area (Å²) in [6, 6.07) is 0. The van der Waals surface area contributed by atoms with Crippen molar-refractivity contribution in [2.24, 2.45) is 5.92 Å². The highest BCUT2D eigenvalue weighted by molar-refractivity contribution is 5.71. The van der Waals surface area contributed by atoms with E-state index in [4.69, 9.17) is 5.73 Å². The Morgan fingerprint density at radius 1 is 1.13 bits per heavy atom. The van der Waals surface area contributed by atoms with Crippen LogP contribution in [0.15, 0.2) is 0 Å². The van der Waals surface area contributed by atoms with Crippen LogP contribution in [0.3, 0.4) is 0 Å². The van der Waals surface area contributed by atoms with E-state index in [2.05, 4.69) is 21.8 Å². The van der Waals surface area contributed by atoms with Crippen LogP contribution in [0.2, 0.25) is 0 Å². The number of nitrogen functional groups attached to an aromatic ring is 1. The van der Waals surface area contributed by atoms with Crippen LogP contribution in [-0.2, 0) is 0 Å². The Morgan fingerprint density at radius 3 is 2.48 bits per heavy atom. The van der Waals surface area contributed by atoms with Crippen LogP contribution in [0.4, 0.5) is 23.3 Å². The molecule has 0 amide bonds. The first-order valence-electron chi connectivity index (χ1n) is 8.38. The molecule has 0 saturated carbocycles. The summed E-state index contributed by atoms with van der Waals surface area (Å²) in [5, 5.41) is 11.5. The Labute approximate surface area is 135 Å². The highest BCUT2D eigenvalue weighted by Gasteiger charge is 2.30. The van der Waals surface area contributed by atoms with Gasteiger partial charge in [-0.3, -0.25) is 10.1 Å². The molecular weight excluding hydrogens is 296 g/mol. The smallest absolute Gasteiger partial charge is 0.353 e. The molecule has 8 nitrogen and oxygen atoms in total. The number of rotatable bonds is 3. The first-order valence-corrected chi connectivity index (χ1v) is 8.38. The molecule has 0 bridgehead atoms. The van der Waals surface area contributed by atoms with E-state index in [1.165, 1.54) is 6.42 Å². The molecule has 3 rings (SSSR count). The zero-order chi connectivity index (χ0) is 16.4. The third kappa shape index (κ3) is 3.30. The topological polar surface area (TPSA) is 101 Å². The molecule has 126 valence electrons. The minimum absolute atomic E-state index is 0.0289. The highest BCUT2D eigenvalue weighted by Crippen LogP contribution is 2.35. The summed E-state index contributed by atoms with van der Waals surface area (Å²) in [5.41, 5.74) is 5.77. The molecule has 1 atom stereocenters. The Balaban J connectivity index is 1.99. The molecule has 1 unspecified atom stereocenters. The summed E-state index contributed by atoms with van der Waals surface area (Å²) in [6.07, 6.45) is 5.55. The molecule has 2 aliphatic rings. The van der Waals surface area contributed by atoms with Gasteiger partial charge in [0.05, 0.1) is 4.92 Å². The van der Waals surface area contributed by atoms with Crippen molar-refractivity contribution in [2.75, 3.05) is 41.7 Å². The van der Waals surface area contributed by atoms with Crippen LogP contribution in [0, 0.1) is 16.0 Å². The second-order valence-electron chi connectivity index (χ2n) is 6.58. The van der Waals surface area contributed by atoms with Crippen LogP contribution >= 0.6 is 0 Å². The van der Waals surface area contributed by atoms with Crippen molar-refractivity contribution in [3.05, 3.63) is 10.1 Å². The van der Waals surface area contributed by atoms with Gasteiger partial charge in [0, 0.05) is 26.2 Å². The van der Waals surface area contributed by atoms with Crippen LogP contribution < -0.4 is 15.5 Å². The fraction of sp³-hybridized carbons (Fsp3) is 0.733. The van der Waals surface area contributed by atoms with Crippen molar-refractivity contribution in [2.45, 2.75) is 39.0 Å². The summed E-state index contributed by atoms with van der Waals surface area (Å²) in [4.78, 5) is 23.9. The van der Waals surface area contributed by atoms with Gasteiger partial charge >= 0.3 is 5.69 Å². The maximum atomic E-state index is 11.5. The zero-order valence-corrected chi connectivity index (χ0v) is 13.6. The van der Waals surface area contributed by atoms with Crippen LogP contribution in [0.25, 0.3) is 0 Å². The Bertz CT molecular complexity index is 588. The van der Waals surface area contributed by atoms with Crippen LogP contribution in [0.1, 0.15) is 39.0 Å². The molecule has 0 aliphatic carbocycles. The molecule has 0 aromatic carbocycles. The van der Waals surface area contributed by atoms with Gasteiger partial charge in [-0.2, -0.15) is 9.97 Å². The van der Waals surface area contributed by atoms with Gasteiger partial charge in [0.15, 0.2) is 0 Å². The van der Waals surface area contributed by atoms with E-state index < -0.39 is 4.92 Å². The number of hydrogen-bond donors (Lipinski definition) is 1. The standard InChI is InChI=1S/C15H24N6O2/c1-11-6-5-9-20(10-11)14-12(21(22)23)13(16)17-15(18-14)19-7-3-2-4-8-19/h11H,2-10H2,1H3,(H2,16,17,18). The van der Waals surface area contributed by atoms with Gasteiger partial charge in [0.1, 0.15) is 0 Å². The summed E-state index contributed by atoms with van der Waals surface area (Å²) < 4.78 is 0. The van der Waals surface area contributed by atoms with Gasteiger partial charge < -0.3 is 15.5 Å². The molecule has 2 fully saturated rings. The van der Waals surface area contributed by atoms with E-state index in [1.807, 2.05) is 4.90 Å². The molecule has 1 aromatic rings. The van der Waals surface area contributed by atoms with E-state index in [9.17, 15) is 10.1 Å². The van der Waals surface area contributed by atoms with Crippen molar-refractivity contribution in [1.82, 2.24) is 9.97 Å². The Morgan fingerprint density at radius 2 is 1.83 bits per heavy atom. The summed E-state index contributed by atoms with van der Waals surface area (Å²) in [6.45, 7) is 5.48. The SMILES string of the molecule is CC1CCCN(c2nc(N3CCCCC3)nc(N)c2[N+](=O)[O-])C1. The molecule has 2 saturated heterocycles. The molecule has 0 radical (unpaired) electrons. The lowest BCUT2D eigenvalue weighted by molar-refractivity contribution is -0.383. The number of aromatic nitrogens is 2. The molecule has 8 heteroatoms. The molecular formula is C15H24N6O2. The molecule has 23 heavy (non-hydrogen) atoms. The van der Waals surface area contributed by atoms with Gasteiger partial charge in [0.25, 0.3) is 0 Å². The predicted octanol–water partition coefficient (Wildman–Crippen LogP) is 2.19. The summed E-state index contributed by atoms with van der Waals surface area (Å²) in [5.74, 6) is 1.38. The Hall–Kier alpha value is -2.12. The lowest BCUT2D eigenvalue weighted by atomic mass is 10.0. The van der Waals surface area contributed by atoms with E-state index in [1.54, 1.807) is 0 Å². The van der Waals surface area contributed by atoms with Crippen molar-refractivity contribution < 1.29 is 4.92 Å². The van der Waals surface area contributed by atoms with E-state index in [0.717, 1.165) is 51.9 Å². The molecule has 2 aliphatic heterocycles. The van der Waals surface area contributed by atoms with Crippen molar-refractivity contribution in [1.29, 1.82) is 0 Å². The number of nitrogens with zero attached hydrogens (tertiary/aromatic N) is 5.